The SMILES string of the molecule is CCC[C@@H](NC(=O)Cc1c(C)c2cc3c(-c4ccc(C)cc4)coc3cc2oc1=O)C(=O)[O-]. The summed E-state index contributed by atoms with van der Waals surface area (Å²) in [7, 11) is 0. The van der Waals surface area contributed by atoms with Crippen molar-refractivity contribution in [3.63, 3.8) is 0 Å². The summed E-state index contributed by atoms with van der Waals surface area (Å²) in [4.78, 5) is 36.3. The Hall–Kier alpha value is -3.87. The summed E-state index contributed by atoms with van der Waals surface area (Å²) in [5, 5.41) is 15.2. The van der Waals surface area contributed by atoms with Gasteiger partial charge in [-0.05, 0) is 37.5 Å². The van der Waals surface area contributed by atoms with Crippen molar-refractivity contribution in [2.75, 3.05) is 0 Å². The largest absolute Gasteiger partial charge is 0.548 e. The van der Waals surface area contributed by atoms with E-state index in [0.717, 1.165) is 22.1 Å². The van der Waals surface area contributed by atoms with Crippen LogP contribution in [0.25, 0.3) is 33.1 Å². The molecule has 0 saturated carbocycles. The molecule has 0 radical (unpaired) electrons. The van der Waals surface area contributed by atoms with Crippen molar-refractivity contribution in [2.24, 2.45) is 0 Å². The van der Waals surface area contributed by atoms with E-state index >= 15 is 0 Å². The standard InChI is InChI=1S/C26H25NO6/c1-4-5-21(25(29)30)27-24(28)11-18-15(3)17-10-19-20(16-8-6-14(2)7-9-16)13-32-22(19)12-23(17)33-26(18)31/h6-10,12-13,21H,4-5,11H2,1-3H3,(H,27,28)(H,29,30)/p-1/t21-/m1/s1. The van der Waals surface area contributed by atoms with E-state index in [0.29, 0.717) is 28.5 Å². The van der Waals surface area contributed by atoms with Gasteiger partial charge in [0.2, 0.25) is 5.91 Å². The molecule has 2 aromatic carbocycles. The highest BCUT2D eigenvalue weighted by atomic mass is 16.4. The third-order valence-electron chi connectivity index (χ3n) is 5.88. The van der Waals surface area contributed by atoms with E-state index in [9.17, 15) is 19.5 Å². The first-order chi connectivity index (χ1) is 15.8. The second-order valence-corrected chi connectivity index (χ2v) is 8.26. The van der Waals surface area contributed by atoms with Gasteiger partial charge in [-0.15, -0.1) is 0 Å². The third-order valence-corrected chi connectivity index (χ3v) is 5.88. The first-order valence-corrected chi connectivity index (χ1v) is 10.8. The number of carboxylic acids is 1. The molecule has 0 aliphatic carbocycles. The summed E-state index contributed by atoms with van der Waals surface area (Å²) in [6.45, 7) is 5.58. The van der Waals surface area contributed by atoms with Gasteiger partial charge in [0, 0.05) is 22.4 Å². The van der Waals surface area contributed by atoms with Gasteiger partial charge in [-0.1, -0.05) is 43.2 Å². The summed E-state index contributed by atoms with van der Waals surface area (Å²) in [6, 6.07) is 10.5. The van der Waals surface area contributed by atoms with E-state index in [2.05, 4.69) is 5.32 Å². The first kappa shape index (κ1) is 22.3. The number of nitrogens with one attached hydrogen (secondary N) is 1. The Balaban J connectivity index is 1.74. The van der Waals surface area contributed by atoms with Crippen LogP contribution in [0.5, 0.6) is 0 Å². The lowest BCUT2D eigenvalue weighted by atomic mass is 9.99. The van der Waals surface area contributed by atoms with Gasteiger partial charge < -0.3 is 24.1 Å². The van der Waals surface area contributed by atoms with Gasteiger partial charge in [0.15, 0.2) is 0 Å². The molecule has 7 heteroatoms. The van der Waals surface area contributed by atoms with Gasteiger partial charge >= 0.3 is 5.63 Å². The highest BCUT2D eigenvalue weighted by molar-refractivity contribution is 6.02. The molecule has 0 saturated heterocycles. The number of aryl methyl sites for hydroxylation is 2. The fourth-order valence-electron chi connectivity index (χ4n) is 4.01. The molecule has 0 spiro atoms. The minimum atomic E-state index is -1.35. The van der Waals surface area contributed by atoms with E-state index in [1.807, 2.05) is 44.2 Å². The predicted molar refractivity (Wildman–Crippen MR) is 123 cm³/mol. The smallest absolute Gasteiger partial charge is 0.340 e. The van der Waals surface area contributed by atoms with Crippen LogP contribution in [0.3, 0.4) is 0 Å². The Morgan fingerprint density at radius 2 is 1.79 bits per heavy atom. The van der Waals surface area contributed by atoms with Crippen molar-refractivity contribution in [1.29, 1.82) is 0 Å². The van der Waals surface area contributed by atoms with Crippen LogP contribution in [-0.4, -0.2) is 17.9 Å². The van der Waals surface area contributed by atoms with Crippen molar-refractivity contribution in [3.05, 3.63) is 69.8 Å². The monoisotopic (exact) mass is 446 g/mol. The molecule has 4 aromatic rings. The number of carbonyl (C=O) groups excluding carboxylic acids is 2. The minimum Gasteiger partial charge on any atom is -0.548 e. The number of carbonyl (C=O) groups is 2. The van der Waals surface area contributed by atoms with E-state index in [4.69, 9.17) is 8.83 Å². The summed E-state index contributed by atoms with van der Waals surface area (Å²) < 4.78 is 11.2. The van der Waals surface area contributed by atoms with Crippen LogP contribution >= 0.6 is 0 Å². The average molecular weight is 446 g/mol. The number of aliphatic carboxylic acids is 1. The summed E-state index contributed by atoms with van der Waals surface area (Å²) in [5.41, 5.74) is 4.16. The molecule has 0 bridgehead atoms. The van der Waals surface area contributed by atoms with E-state index < -0.39 is 23.5 Å². The van der Waals surface area contributed by atoms with Crippen LogP contribution in [0.2, 0.25) is 0 Å². The second-order valence-electron chi connectivity index (χ2n) is 8.26. The Morgan fingerprint density at radius 3 is 2.45 bits per heavy atom. The molecule has 0 aliphatic rings. The second kappa shape index (κ2) is 8.94. The summed E-state index contributed by atoms with van der Waals surface area (Å²) >= 11 is 0. The topological polar surface area (TPSA) is 113 Å². The zero-order chi connectivity index (χ0) is 23.7. The average Bonchev–Trinajstić information content (AvgIpc) is 3.18. The zero-order valence-electron chi connectivity index (χ0n) is 18.7. The van der Waals surface area contributed by atoms with Crippen LogP contribution in [0.15, 0.2) is 56.3 Å². The maximum absolute atomic E-state index is 12.6. The van der Waals surface area contributed by atoms with E-state index in [1.165, 1.54) is 0 Å². The molecule has 0 unspecified atom stereocenters. The number of amides is 1. The molecule has 1 atom stereocenters. The Bertz CT molecular complexity index is 1410. The summed E-state index contributed by atoms with van der Waals surface area (Å²) in [6.07, 6.45) is 2.20. The van der Waals surface area contributed by atoms with Gasteiger partial charge in [-0.2, -0.15) is 0 Å². The third kappa shape index (κ3) is 4.39. The molecule has 1 N–H and O–H groups in total. The fourth-order valence-corrected chi connectivity index (χ4v) is 4.01. The zero-order valence-corrected chi connectivity index (χ0v) is 18.7. The molecule has 170 valence electrons. The Morgan fingerprint density at radius 1 is 1.06 bits per heavy atom. The highest BCUT2D eigenvalue weighted by Crippen LogP contribution is 2.34. The Labute approximate surface area is 190 Å². The van der Waals surface area contributed by atoms with Gasteiger partial charge in [0.1, 0.15) is 11.2 Å². The highest BCUT2D eigenvalue weighted by Gasteiger charge is 2.19. The molecule has 33 heavy (non-hydrogen) atoms. The number of hydrogen-bond donors (Lipinski definition) is 1. The molecule has 2 heterocycles. The predicted octanol–water partition coefficient (Wildman–Crippen LogP) is 3.40. The quantitative estimate of drug-likeness (QED) is 0.436. The van der Waals surface area contributed by atoms with Crippen molar-refractivity contribution in [1.82, 2.24) is 5.32 Å². The number of furan rings is 1. The first-order valence-electron chi connectivity index (χ1n) is 10.8. The molecule has 4 rings (SSSR count). The molecule has 0 aliphatic heterocycles. The van der Waals surface area contributed by atoms with Crippen LogP contribution in [0, 0.1) is 13.8 Å². The number of hydrogen-bond acceptors (Lipinski definition) is 6. The maximum atomic E-state index is 12.6. The van der Waals surface area contributed by atoms with Gasteiger partial charge in [-0.3, -0.25) is 4.79 Å². The minimum absolute atomic E-state index is 0.188. The molecular formula is C26H24NO6-. The lowest BCUT2D eigenvalue weighted by Crippen LogP contribution is -2.48. The number of fused-ring (bicyclic) bond motifs is 2. The van der Waals surface area contributed by atoms with Crippen molar-refractivity contribution < 1.29 is 23.5 Å². The van der Waals surface area contributed by atoms with Crippen molar-refractivity contribution in [2.45, 2.75) is 46.1 Å². The lowest BCUT2D eigenvalue weighted by Gasteiger charge is -2.19. The molecule has 0 fully saturated rings. The molecule has 1 amide bonds. The number of rotatable bonds is 7. The Kier molecular flexibility index (Phi) is 6.05. The van der Waals surface area contributed by atoms with Gasteiger partial charge in [0.25, 0.3) is 0 Å². The van der Waals surface area contributed by atoms with Crippen LogP contribution in [0.1, 0.15) is 36.5 Å². The molecular weight excluding hydrogens is 422 g/mol. The van der Waals surface area contributed by atoms with Crippen LogP contribution in [-0.2, 0) is 16.0 Å². The normalized spacial score (nSPS) is 12.2. The van der Waals surface area contributed by atoms with Gasteiger partial charge in [-0.25, -0.2) is 4.79 Å². The van der Waals surface area contributed by atoms with Gasteiger partial charge in [0.05, 0.1) is 30.3 Å². The van der Waals surface area contributed by atoms with E-state index in [1.54, 1.807) is 19.3 Å². The lowest BCUT2D eigenvalue weighted by molar-refractivity contribution is -0.308. The molecule has 2 aromatic heterocycles. The fraction of sp³-hybridized carbons (Fsp3) is 0.269. The van der Waals surface area contributed by atoms with Crippen LogP contribution < -0.4 is 16.0 Å². The van der Waals surface area contributed by atoms with E-state index in [-0.39, 0.29) is 18.4 Å². The molecule has 7 nitrogen and oxygen atoms in total. The maximum Gasteiger partial charge on any atom is 0.340 e. The van der Waals surface area contributed by atoms with Crippen molar-refractivity contribution >= 4 is 33.8 Å². The van der Waals surface area contributed by atoms with Crippen molar-refractivity contribution in [3.8, 4) is 11.1 Å². The number of carboxylic acid groups (broad SMARTS) is 1. The number of benzene rings is 2. The van der Waals surface area contributed by atoms with Crippen LogP contribution in [0.4, 0.5) is 0 Å². The summed E-state index contributed by atoms with van der Waals surface area (Å²) in [5.74, 6) is -1.92.